The van der Waals surface area contributed by atoms with Gasteiger partial charge in [0.05, 0.1) is 0 Å². The fourth-order valence-corrected chi connectivity index (χ4v) is 2.67. The Labute approximate surface area is 106 Å². The van der Waals surface area contributed by atoms with Crippen LogP contribution in [0.5, 0.6) is 5.88 Å². The smallest absolute Gasteiger partial charge is 0.340 e. The lowest BCUT2D eigenvalue weighted by Crippen LogP contribution is -2.12. The molecule has 0 N–H and O–H groups in total. The van der Waals surface area contributed by atoms with Gasteiger partial charge >= 0.3 is 10.1 Å². The summed E-state index contributed by atoms with van der Waals surface area (Å²) in [6, 6.07) is 11.7. The molecule has 1 aromatic heterocycles. The van der Waals surface area contributed by atoms with E-state index in [1.54, 1.807) is 44.2 Å². The van der Waals surface area contributed by atoms with E-state index in [0.29, 0.717) is 11.3 Å². The lowest BCUT2D eigenvalue weighted by Gasteiger charge is -2.08. The molecule has 5 heteroatoms. The predicted molar refractivity (Wildman–Crippen MR) is 68.0 cm³/mol. The van der Waals surface area contributed by atoms with Gasteiger partial charge in [-0.1, -0.05) is 24.3 Å². The second-order valence-electron chi connectivity index (χ2n) is 3.92. The molecule has 0 spiro atoms. The first-order valence-electron chi connectivity index (χ1n) is 5.43. The molecule has 0 unspecified atom stereocenters. The Morgan fingerprint density at radius 3 is 2.39 bits per heavy atom. The molecule has 0 bridgehead atoms. The first-order valence-corrected chi connectivity index (χ1v) is 6.84. The Kier molecular flexibility index (Phi) is 3.34. The van der Waals surface area contributed by atoms with E-state index in [0.717, 1.165) is 0 Å². The molecule has 0 aliphatic carbocycles. The Bertz CT molecular complexity index is 665. The zero-order chi connectivity index (χ0) is 13.2. The molecule has 0 amide bonds. The highest BCUT2D eigenvalue weighted by molar-refractivity contribution is 7.87. The SMILES string of the molecule is Cc1cccc(OS(=O)(=O)c2ccccc2C)n1. The molecule has 2 rings (SSSR count). The van der Waals surface area contributed by atoms with Crippen molar-refractivity contribution >= 4 is 10.1 Å². The van der Waals surface area contributed by atoms with E-state index >= 15 is 0 Å². The highest BCUT2D eigenvalue weighted by atomic mass is 32.2. The van der Waals surface area contributed by atoms with Crippen LogP contribution in [0, 0.1) is 13.8 Å². The zero-order valence-corrected chi connectivity index (χ0v) is 10.9. The van der Waals surface area contributed by atoms with Crippen molar-refractivity contribution in [3.05, 3.63) is 53.7 Å². The summed E-state index contributed by atoms with van der Waals surface area (Å²) >= 11 is 0. The fourth-order valence-electron chi connectivity index (χ4n) is 1.56. The predicted octanol–water partition coefficient (Wildman–Crippen LogP) is 2.47. The fraction of sp³-hybridized carbons (Fsp3) is 0.154. The maximum atomic E-state index is 12.1. The molecule has 0 atom stereocenters. The average molecular weight is 263 g/mol. The van der Waals surface area contributed by atoms with Crippen LogP contribution in [-0.2, 0) is 10.1 Å². The minimum atomic E-state index is -3.82. The summed E-state index contributed by atoms with van der Waals surface area (Å²) in [5.74, 6) is 0.0817. The molecule has 0 aliphatic rings. The molecular weight excluding hydrogens is 250 g/mol. The van der Waals surface area contributed by atoms with Gasteiger partial charge in [-0.2, -0.15) is 8.42 Å². The lowest BCUT2D eigenvalue weighted by molar-refractivity contribution is 0.475. The minimum absolute atomic E-state index is 0.0817. The summed E-state index contributed by atoms with van der Waals surface area (Å²) in [6.45, 7) is 3.49. The van der Waals surface area contributed by atoms with Gasteiger partial charge in [-0.15, -0.1) is 0 Å². The second kappa shape index (κ2) is 4.78. The number of aromatic nitrogens is 1. The normalized spacial score (nSPS) is 11.2. The van der Waals surface area contributed by atoms with Crippen molar-refractivity contribution in [3.63, 3.8) is 0 Å². The number of benzene rings is 1. The monoisotopic (exact) mass is 263 g/mol. The van der Waals surface area contributed by atoms with Gasteiger partial charge in [0, 0.05) is 11.8 Å². The quantitative estimate of drug-likeness (QED) is 0.798. The van der Waals surface area contributed by atoms with Crippen molar-refractivity contribution in [2.24, 2.45) is 0 Å². The Hall–Kier alpha value is -1.88. The van der Waals surface area contributed by atoms with Crippen LogP contribution in [0.2, 0.25) is 0 Å². The zero-order valence-electron chi connectivity index (χ0n) is 10.1. The molecule has 1 aromatic carbocycles. The topological polar surface area (TPSA) is 56.3 Å². The van der Waals surface area contributed by atoms with E-state index in [2.05, 4.69) is 4.98 Å². The van der Waals surface area contributed by atoms with Gasteiger partial charge in [-0.3, -0.25) is 0 Å². The summed E-state index contributed by atoms with van der Waals surface area (Å²) in [6.07, 6.45) is 0. The summed E-state index contributed by atoms with van der Waals surface area (Å²) in [5.41, 5.74) is 1.35. The van der Waals surface area contributed by atoms with Crippen LogP contribution in [-0.4, -0.2) is 13.4 Å². The number of aryl methyl sites for hydroxylation is 2. The number of hydrogen-bond donors (Lipinski definition) is 0. The highest BCUT2D eigenvalue weighted by Gasteiger charge is 2.19. The van der Waals surface area contributed by atoms with E-state index in [4.69, 9.17) is 4.18 Å². The summed E-state index contributed by atoms with van der Waals surface area (Å²) in [5, 5.41) is 0. The van der Waals surface area contributed by atoms with Gasteiger partial charge in [-0.05, 0) is 31.5 Å². The van der Waals surface area contributed by atoms with Crippen LogP contribution in [0.1, 0.15) is 11.3 Å². The van der Waals surface area contributed by atoms with E-state index in [9.17, 15) is 8.42 Å². The van der Waals surface area contributed by atoms with Crippen molar-refractivity contribution < 1.29 is 12.6 Å². The minimum Gasteiger partial charge on any atom is -0.358 e. The number of pyridine rings is 1. The van der Waals surface area contributed by atoms with Crippen LogP contribution < -0.4 is 4.18 Å². The van der Waals surface area contributed by atoms with Crippen LogP contribution in [0.4, 0.5) is 0 Å². The Balaban J connectivity index is 2.37. The van der Waals surface area contributed by atoms with E-state index in [1.165, 1.54) is 12.1 Å². The van der Waals surface area contributed by atoms with Crippen molar-refractivity contribution in [2.75, 3.05) is 0 Å². The lowest BCUT2D eigenvalue weighted by atomic mass is 10.2. The first-order chi connectivity index (χ1) is 8.49. The van der Waals surface area contributed by atoms with Gasteiger partial charge in [0.1, 0.15) is 4.90 Å². The standard InChI is InChI=1S/C13H13NO3S/c1-10-6-3-4-8-12(10)18(15,16)17-13-9-5-7-11(2)14-13/h3-9H,1-2H3. The molecule has 4 nitrogen and oxygen atoms in total. The molecular formula is C13H13NO3S. The Morgan fingerprint density at radius 2 is 1.72 bits per heavy atom. The molecule has 94 valence electrons. The summed E-state index contributed by atoms with van der Waals surface area (Å²) < 4.78 is 29.2. The molecule has 0 radical (unpaired) electrons. The maximum absolute atomic E-state index is 12.1. The number of nitrogens with zero attached hydrogens (tertiary/aromatic N) is 1. The van der Waals surface area contributed by atoms with Crippen LogP contribution in [0.3, 0.4) is 0 Å². The van der Waals surface area contributed by atoms with Gasteiger partial charge in [0.25, 0.3) is 0 Å². The van der Waals surface area contributed by atoms with E-state index < -0.39 is 10.1 Å². The van der Waals surface area contributed by atoms with Gasteiger partial charge in [-0.25, -0.2) is 4.98 Å². The van der Waals surface area contributed by atoms with Crippen molar-refractivity contribution in [1.29, 1.82) is 0 Å². The van der Waals surface area contributed by atoms with Gasteiger partial charge < -0.3 is 4.18 Å². The summed E-state index contributed by atoms with van der Waals surface area (Å²) in [7, 11) is -3.82. The third kappa shape index (κ3) is 2.68. The molecule has 2 aromatic rings. The van der Waals surface area contributed by atoms with Gasteiger partial charge in [0.15, 0.2) is 0 Å². The van der Waals surface area contributed by atoms with Crippen LogP contribution >= 0.6 is 0 Å². The van der Waals surface area contributed by atoms with E-state index in [1.807, 2.05) is 0 Å². The molecule has 0 aliphatic heterocycles. The molecule has 1 heterocycles. The molecule has 0 fully saturated rings. The van der Waals surface area contributed by atoms with Gasteiger partial charge in [0.2, 0.25) is 5.88 Å². The second-order valence-corrected chi connectivity index (χ2v) is 5.43. The third-order valence-electron chi connectivity index (χ3n) is 2.42. The average Bonchev–Trinajstić information content (AvgIpc) is 2.28. The van der Waals surface area contributed by atoms with Crippen LogP contribution in [0.15, 0.2) is 47.4 Å². The third-order valence-corrected chi connectivity index (χ3v) is 3.81. The van der Waals surface area contributed by atoms with Crippen LogP contribution in [0.25, 0.3) is 0 Å². The highest BCUT2D eigenvalue weighted by Crippen LogP contribution is 2.19. The van der Waals surface area contributed by atoms with Crippen molar-refractivity contribution in [3.8, 4) is 5.88 Å². The summed E-state index contributed by atoms with van der Waals surface area (Å²) in [4.78, 5) is 4.17. The number of rotatable bonds is 3. The van der Waals surface area contributed by atoms with Crippen molar-refractivity contribution in [1.82, 2.24) is 4.98 Å². The Morgan fingerprint density at radius 1 is 1.00 bits per heavy atom. The largest absolute Gasteiger partial charge is 0.358 e. The molecule has 0 saturated carbocycles. The van der Waals surface area contributed by atoms with E-state index in [-0.39, 0.29) is 10.8 Å². The number of hydrogen-bond acceptors (Lipinski definition) is 4. The first kappa shape index (κ1) is 12.6. The van der Waals surface area contributed by atoms with Crippen molar-refractivity contribution in [2.45, 2.75) is 18.7 Å². The molecule has 0 saturated heterocycles. The maximum Gasteiger partial charge on any atom is 0.340 e. The molecule has 18 heavy (non-hydrogen) atoms.